The molecule has 1 aromatic heterocycles. The van der Waals surface area contributed by atoms with E-state index in [1.807, 2.05) is 0 Å². The zero-order valence-corrected chi connectivity index (χ0v) is 9.64. The Morgan fingerprint density at radius 2 is 1.69 bits per heavy atom. The SMILES string of the molecule is Cc1ccc(C)c2c1C=CC2n1cccc1. The van der Waals surface area contributed by atoms with Crippen LogP contribution in [-0.4, -0.2) is 4.57 Å². The van der Waals surface area contributed by atoms with Crippen LogP contribution in [0.3, 0.4) is 0 Å². The first-order valence-electron chi connectivity index (χ1n) is 5.68. The second-order valence-corrected chi connectivity index (χ2v) is 4.46. The molecule has 80 valence electrons. The van der Waals surface area contributed by atoms with E-state index in [0.29, 0.717) is 6.04 Å². The fraction of sp³-hybridized carbons (Fsp3) is 0.200. The summed E-state index contributed by atoms with van der Waals surface area (Å²) in [6, 6.07) is 8.96. The van der Waals surface area contributed by atoms with Gasteiger partial charge in [0.25, 0.3) is 0 Å². The van der Waals surface area contributed by atoms with Crippen LogP contribution < -0.4 is 0 Å². The molecule has 0 aliphatic heterocycles. The summed E-state index contributed by atoms with van der Waals surface area (Å²) in [4.78, 5) is 0. The highest BCUT2D eigenvalue weighted by molar-refractivity contribution is 5.67. The number of hydrogen-bond acceptors (Lipinski definition) is 0. The van der Waals surface area contributed by atoms with Crippen molar-refractivity contribution >= 4 is 6.08 Å². The van der Waals surface area contributed by atoms with Gasteiger partial charge in [-0.15, -0.1) is 0 Å². The smallest absolute Gasteiger partial charge is 0.0775 e. The molecule has 0 fully saturated rings. The lowest BCUT2D eigenvalue weighted by Gasteiger charge is -2.16. The third kappa shape index (κ3) is 1.25. The Morgan fingerprint density at radius 1 is 1.00 bits per heavy atom. The van der Waals surface area contributed by atoms with Crippen LogP contribution in [0.5, 0.6) is 0 Å². The van der Waals surface area contributed by atoms with Crippen molar-refractivity contribution in [3.8, 4) is 0 Å². The Hall–Kier alpha value is -1.76. The lowest BCUT2D eigenvalue weighted by atomic mass is 9.97. The van der Waals surface area contributed by atoms with Gasteiger partial charge in [0, 0.05) is 12.4 Å². The maximum absolute atomic E-state index is 2.28. The van der Waals surface area contributed by atoms with Crippen LogP contribution in [0.15, 0.2) is 42.7 Å². The van der Waals surface area contributed by atoms with E-state index >= 15 is 0 Å². The van der Waals surface area contributed by atoms with Crippen molar-refractivity contribution in [1.29, 1.82) is 0 Å². The first-order valence-corrected chi connectivity index (χ1v) is 5.68. The Kier molecular flexibility index (Phi) is 2.00. The standard InChI is InChI=1S/C15H15N/c1-11-5-6-12(2)15-13(11)7-8-14(15)16-9-3-4-10-16/h3-10,14H,1-2H3. The minimum Gasteiger partial charge on any atom is -0.343 e. The van der Waals surface area contributed by atoms with Crippen molar-refractivity contribution < 1.29 is 0 Å². The van der Waals surface area contributed by atoms with E-state index < -0.39 is 0 Å². The summed E-state index contributed by atoms with van der Waals surface area (Å²) < 4.78 is 2.26. The molecule has 0 saturated heterocycles. The summed E-state index contributed by atoms with van der Waals surface area (Å²) in [7, 11) is 0. The number of fused-ring (bicyclic) bond motifs is 1. The van der Waals surface area contributed by atoms with Crippen molar-refractivity contribution in [3.05, 3.63) is 65.0 Å². The van der Waals surface area contributed by atoms with Crippen LogP contribution in [-0.2, 0) is 0 Å². The van der Waals surface area contributed by atoms with E-state index in [-0.39, 0.29) is 0 Å². The molecule has 2 aromatic rings. The van der Waals surface area contributed by atoms with Gasteiger partial charge >= 0.3 is 0 Å². The van der Waals surface area contributed by atoms with Gasteiger partial charge in [-0.25, -0.2) is 0 Å². The van der Waals surface area contributed by atoms with Crippen molar-refractivity contribution in [2.24, 2.45) is 0 Å². The molecule has 1 nitrogen and oxygen atoms in total. The molecular formula is C15H15N. The molecule has 16 heavy (non-hydrogen) atoms. The van der Waals surface area contributed by atoms with Gasteiger partial charge in [-0.05, 0) is 48.2 Å². The number of allylic oxidation sites excluding steroid dienone is 1. The number of nitrogens with zero attached hydrogens (tertiary/aromatic N) is 1. The summed E-state index contributed by atoms with van der Waals surface area (Å²) >= 11 is 0. The molecule has 1 aliphatic rings. The fourth-order valence-electron chi connectivity index (χ4n) is 2.53. The van der Waals surface area contributed by atoms with Crippen molar-refractivity contribution in [2.75, 3.05) is 0 Å². The van der Waals surface area contributed by atoms with Crippen molar-refractivity contribution in [3.63, 3.8) is 0 Å². The lowest BCUT2D eigenvalue weighted by molar-refractivity contribution is 0.710. The monoisotopic (exact) mass is 209 g/mol. The normalized spacial score (nSPS) is 17.8. The van der Waals surface area contributed by atoms with Gasteiger partial charge in [-0.1, -0.05) is 24.3 Å². The molecule has 3 rings (SSSR count). The lowest BCUT2D eigenvalue weighted by Crippen LogP contribution is -2.06. The predicted molar refractivity (Wildman–Crippen MR) is 67.5 cm³/mol. The minimum absolute atomic E-state index is 0.380. The Labute approximate surface area is 96.0 Å². The van der Waals surface area contributed by atoms with Crippen LogP contribution in [0.4, 0.5) is 0 Å². The van der Waals surface area contributed by atoms with E-state index in [4.69, 9.17) is 0 Å². The summed E-state index contributed by atoms with van der Waals surface area (Å²) in [5.41, 5.74) is 5.60. The zero-order valence-electron chi connectivity index (χ0n) is 9.64. The zero-order chi connectivity index (χ0) is 11.1. The molecule has 1 aliphatic carbocycles. The number of hydrogen-bond donors (Lipinski definition) is 0. The fourth-order valence-corrected chi connectivity index (χ4v) is 2.53. The average molecular weight is 209 g/mol. The Bertz CT molecular complexity index is 547. The first kappa shape index (κ1) is 9.46. The maximum atomic E-state index is 2.28. The van der Waals surface area contributed by atoms with E-state index in [1.54, 1.807) is 0 Å². The van der Waals surface area contributed by atoms with Gasteiger partial charge in [0.1, 0.15) is 0 Å². The summed E-state index contributed by atoms with van der Waals surface area (Å²) in [5.74, 6) is 0. The number of benzene rings is 1. The third-order valence-corrected chi connectivity index (χ3v) is 3.41. The summed E-state index contributed by atoms with van der Waals surface area (Å²) in [6.07, 6.45) is 8.80. The van der Waals surface area contributed by atoms with Gasteiger partial charge in [0.2, 0.25) is 0 Å². The molecule has 1 heteroatoms. The topological polar surface area (TPSA) is 4.93 Å². The number of rotatable bonds is 1. The third-order valence-electron chi connectivity index (χ3n) is 3.41. The van der Waals surface area contributed by atoms with Crippen molar-refractivity contribution in [2.45, 2.75) is 19.9 Å². The van der Waals surface area contributed by atoms with E-state index in [0.717, 1.165) is 0 Å². The van der Waals surface area contributed by atoms with Crippen LogP contribution >= 0.6 is 0 Å². The highest BCUT2D eigenvalue weighted by atomic mass is 15.0. The molecule has 1 aromatic carbocycles. The van der Waals surface area contributed by atoms with Gasteiger partial charge in [0.15, 0.2) is 0 Å². The van der Waals surface area contributed by atoms with Crippen molar-refractivity contribution in [1.82, 2.24) is 4.57 Å². The Morgan fingerprint density at radius 3 is 2.44 bits per heavy atom. The molecule has 0 spiro atoms. The van der Waals surface area contributed by atoms with Gasteiger partial charge in [-0.3, -0.25) is 0 Å². The Balaban J connectivity index is 2.19. The maximum Gasteiger partial charge on any atom is 0.0775 e. The molecule has 1 unspecified atom stereocenters. The second-order valence-electron chi connectivity index (χ2n) is 4.46. The van der Waals surface area contributed by atoms with E-state index in [9.17, 15) is 0 Å². The van der Waals surface area contributed by atoms with E-state index in [2.05, 4.69) is 67.2 Å². The molecule has 0 amide bonds. The summed E-state index contributed by atoms with van der Waals surface area (Å²) in [5, 5.41) is 0. The molecule has 0 bridgehead atoms. The first-order chi connectivity index (χ1) is 7.77. The molecule has 0 saturated carbocycles. The predicted octanol–water partition coefficient (Wildman–Crippen LogP) is 3.72. The second kappa shape index (κ2) is 3.38. The van der Waals surface area contributed by atoms with Crippen LogP contribution in [0.1, 0.15) is 28.3 Å². The largest absolute Gasteiger partial charge is 0.343 e. The quantitative estimate of drug-likeness (QED) is 0.674. The highest BCUT2D eigenvalue weighted by Crippen LogP contribution is 2.35. The van der Waals surface area contributed by atoms with Crippen LogP contribution in [0.25, 0.3) is 6.08 Å². The van der Waals surface area contributed by atoms with Gasteiger partial charge < -0.3 is 4.57 Å². The van der Waals surface area contributed by atoms with Crippen LogP contribution in [0, 0.1) is 13.8 Å². The van der Waals surface area contributed by atoms with Gasteiger partial charge in [0.05, 0.1) is 6.04 Å². The molecule has 1 atom stereocenters. The highest BCUT2D eigenvalue weighted by Gasteiger charge is 2.21. The van der Waals surface area contributed by atoms with Gasteiger partial charge in [-0.2, -0.15) is 0 Å². The molecule has 0 radical (unpaired) electrons. The molecule has 1 heterocycles. The molecule has 0 N–H and O–H groups in total. The van der Waals surface area contributed by atoms with E-state index in [1.165, 1.54) is 22.3 Å². The number of aryl methyl sites for hydroxylation is 2. The number of aromatic nitrogens is 1. The molecular weight excluding hydrogens is 194 g/mol. The minimum atomic E-state index is 0.380. The summed E-state index contributed by atoms with van der Waals surface area (Å²) in [6.45, 7) is 4.38. The van der Waals surface area contributed by atoms with Crippen LogP contribution in [0.2, 0.25) is 0 Å². The average Bonchev–Trinajstić information content (AvgIpc) is 2.90.